The number of hydrogen-bond donors (Lipinski definition) is 7. The number of aliphatic hydroxyl groups is 4. The number of carbonyl (C=O) groups excluding carboxylic acids is 1. The summed E-state index contributed by atoms with van der Waals surface area (Å²) in [6.45, 7) is -0.770. The molecule has 1 saturated heterocycles. The van der Waals surface area contributed by atoms with Crippen LogP contribution in [0, 0.1) is 0 Å². The van der Waals surface area contributed by atoms with Crippen LogP contribution in [-0.2, 0) is 9.53 Å². The maximum absolute atomic E-state index is 13.2. The van der Waals surface area contributed by atoms with E-state index in [0.29, 0.717) is 5.56 Å². The Balaban J connectivity index is 1.86. The molecule has 37 heavy (non-hydrogen) atoms. The highest BCUT2D eigenvalue weighted by molar-refractivity contribution is 6.12. The predicted molar refractivity (Wildman–Crippen MR) is 122 cm³/mol. The quantitative estimate of drug-likeness (QED) is 0.158. The first-order valence-electron chi connectivity index (χ1n) is 10.9. The fraction of sp³-hybridized carbons (Fsp3) is 0.292. The molecule has 1 aliphatic heterocycles. The van der Waals surface area contributed by atoms with Crippen LogP contribution >= 0.6 is 0 Å². The molecule has 2 heterocycles. The Kier molecular flexibility index (Phi) is 7.16. The summed E-state index contributed by atoms with van der Waals surface area (Å²) < 4.78 is 16.2. The summed E-state index contributed by atoms with van der Waals surface area (Å²) in [6, 6.07) is 6.46. The molecule has 196 valence electrons. The number of carboxylic acid groups (broad SMARTS) is 1. The van der Waals surface area contributed by atoms with Gasteiger partial charge in [-0.15, -0.1) is 0 Å². The number of phenolic OH excluding ortho intramolecular Hbond substituents is 2. The third-order valence-electron chi connectivity index (χ3n) is 5.86. The molecular weight excluding hydrogens is 496 g/mol. The van der Waals surface area contributed by atoms with Crippen molar-refractivity contribution in [3.63, 3.8) is 0 Å². The minimum Gasteiger partial charge on any atom is -0.508 e. The van der Waals surface area contributed by atoms with Crippen LogP contribution in [0.25, 0.3) is 22.1 Å². The number of benzene rings is 2. The molecule has 2 aromatic carbocycles. The lowest BCUT2D eigenvalue weighted by Crippen LogP contribution is -2.60. The topological polar surface area (TPSA) is 224 Å². The number of ketones is 1. The van der Waals surface area contributed by atoms with E-state index in [9.17, 15) is 45.0 Å². The van der Waals surface area contributed by atoms with Crippen LogP contribution in [0.5, 0.6) is 17.2 Å². The van der Waals surface area contributed by atoms with E-state index in [2.05, 4.69) is 0 Å². The van der Waals surface area contributed by atoms with Gasteiger partial charge in [0.1, 0.15) is 70.9 Å². The first-order chi connectivity index (χ1) is 17.5. The van der Waals surface area contributed by atoms with Crippen molar-refractivity contribution in [2.24, 2.45) is 0 Å². The standard InChI is InChI=1S/C24H22O13/c25-7-15-20(31)22(33)23(34)24(37-15)36-14-6-13-18(21(32)17(14)12(27)5-16(28)29)19(30)11(8-35-13)9-1-3-10(26)4-2-9/h1-4,6,8,15,20,22-26,31-34H,5,7H2,(H,28,29)/t15-,20-,22+,23-,24-/m1/s1. The highest BCUT2D eigenvalue weighted by atomic mass is 16.7. The van der Waals surface area contributed by atoms with Crippen molar-refractivity contribution in [3.8, 4) is 28.4 Å². The number of hydrogen-bond acceptors (Lipinski definition) is 12. The molecule has 0 bridgehead atoms. The molecule has 13 heteroatoms. The van der Waals surface area contributed by atoms with Crippen molar-refractivity contribution in [1.82, 2.24) is 0 Å². The number of fused-ring (bicyclic) bond motifs is 1. The number of aliphatic carboxylic acids is 1. The third kappa shape index (κ3) is 4.85. The predicted octanol–water partition coefficient (Wildman–Crippen LogP) is -0.293. The lowest BCUT2D eigenvalue weighted by Gasteiger charge is -2.39. The van der Waals surface area contributed by atoms with Crippen molar-refractivity contribution in [2.75, 3.05) is 6.61 Å². The average molecular weight is 518 g/mol. The van der Waals surface area contributed by atoms with Gasteiger partial charge in [0, 0.05) is 6.07 Å². The molecular formula is C24H22O13. The Labute approximate surface area is 207 Å². The van der Waals surface area contributed by atoms with Crippen LogP contribution in [0.3, 0.4) is 0 Å². The van der Waals surface area contributed by atoms with Gasteiger partial charge in [-0.3, -0.25) is 14.4 Å². The van der Waals surface area contributed by atoms with Gasteiger partial charge < -0.3 is 49.6 Å². The van der Waals surface area contributed by atoms with Crippen molar-refractivity contribution in [1.29, 1.82) is 0 Å². The first-order valence-corrected chi connectivity index (χ1v) is 10.9. The molecule has 0 aliphatic carbocycles. The largest absolute Gasteiger partial charge is 0.508 e. The van der Waals surface area contributed by atoms with Crippen molar-refractivity contribution in [3.05, 3.63) is 52.4 Å². The van der Waals surface area contributed by atoms with Crippen molar-refractivity contribution < 1.29 is 59.2 Å². The number of phenols is 2. The summed E-state index contributed by atoms with van der Waals surface area (Å²) in [4.78, 5) is 37.2. The molecule has 1 aromatic heterocycles. The molecule has 13 nitrogen and oxygen atoms in total. The minimum absolute atomic E-state index is 0.0398. The third-order valence-corrected chi connectivity index (χ3v) is 5.86. The summed E-state index contributed by atoms with van der Waals surface area (Å²) in [7, 11) is 0. The Morgan fingerprint density at radius 3 is 2.30 bits per heavy atom. The Morgan fingerprint density at radius 1 is 1.00 bits per heavy atom. The van der Waals surface area contributed by atoms with Crippen LogP contribution in [0.4, 0.5) is 0 Å². The van der Waals surface area contributed by atoms with E-state index in [-0.39, 0.29) is 16.9 Å². The van der Waals surface area contributed by atoms with Gasteiger partial charge in [0.15, 0.2) is 5.78 Å². The number of rotatable bonds is 7. The fourth-order valence-corrected chi connectivity index (χ4v) is 3.96. The van der Waals surface area contributed by atoms with Gasteiger partial charge in [-0.2, -0.15) is 0 Å². The summed E-state index contributed by atoms with van der Waals surface area (Å²) >= 11 is 0. The smallest absolute Gasteiger partial charge is 0.311 e. The number of Topliss-reactive ketones (excluding diaryl/α,β-unsaturated/α-hetero) is 1. The SMILES string of the molecule is O=C(O)CC(=O)c1c(O[C@@H]2O[C@H](CO)[C@@H](O)[C@H](O)[C@H]2O)cc2occ(-c3ccc(O)cc3)c(=O)c2c1O. The molecule has 0 spiro atoms. The second-order valence-electron chi connectivity index (χ2n) is 8.31. The van der Waals surface area contributed by atoms with E-state index in [1.54, 1.807) is 0 Å². The lowest BCUT2D eigenvalue weighted by atomic mass is 9.98. The van der Waals surface area contributed by atoms with E-state index >= 15 is 0 Å². The van der Waals surface area contributed by atoms with Crippen LogP contribution in [0.1, 0.15) is 16.8 Å². The van der Waals surface area contributed by atoms with Gasteiger partial charge in [0.2, 0.25) is 11.7 Å². The van der Waals surface area contributed by atoms with E-state index in [1.165, 1.54) is 24.3 Å². The highest BCUT2D eigenvalue weighted by Crippen LogP contribution is 2.38. The van der Waals surface area contributed by atoms with Crippen molar-refractivity contribution >= 4 is 22.7 Å². The summed E-state index contributed by atoms with van der Waals surface area (Å²) in [5, 5.41) is 68.8. The molecule has 4 rings (SSSR count). The number of aromatic hydroxyl groups is 2. The number of carbonyl (C=O) groups is 2. The molecule has 1 aliphatic rings. The Bertz CT molecular complexity index is 1390. The van der Waals surface area contributed by atoms with Gasteiger partial charge in [-0.1, -0.05) is 12.1 Å². The van der Waals surface area contributed by atoms with E-state index in [4.69, 9.17) is 19.0 Å². The van der Waals surface area contributed by atoms with Crippen LogP contribution < -0.4 is 10.2 Å². The normalized spacial score (nSPS) is 23.6. The monoisotopic (exact) mass is 518 g/mol. The lowest BCUT2D eigenvalue weighted by molar-refractivity contribution is -0.277. The maximum atomic E-state index is 13.2. The molecule has 5 atom stereocenters. The molecule has 3 aromatic rings. The van der Waals surface area contributed by atoms with Crippen LogP contribution in [0.15, 0.2) is 45.8 Å². The van der Waals surface area contributed by atoms with Crippen LogP contribution in [-0.4, -0.2) is 84.8 Å². The van der Waals surface area contributed by atoms with Gasteiger partial charge in [0.25, 0.3) is 0 Å². The maximum Gasteiger partial charge on any atom is 0.311 e. The molecule has 0 radical (unpaired) electrons. The zero-order chi connectivity index (χ0) is 27.0. The van der Waals surface area contributed by atoms with Crippen molar-refractivity contribution in [2.45, 2.75) is 37.1 Å². The van der Waals surface area contributed by atoms with E-state index in [1.807, 2.05) is 0 Å². The summed E-state index contributed by atoms with van der Waals surface area (Å²) in [6.07, 6.45) is -8.60. The second kappa shape index (κ2) is 10.2. The Hall–Kier alpha value is -4.01. The average Bonchev–Trinajstić information content (AvgIpc) is 2.84. The van der Waals surface area contributed by atoms with Crippen LogP contribution in [0.2, 0.25) is 0 Å². The number of carboxylic acids is 1. The minimum atomic E-state index is -1.89. The molecule has 0 saturated carbocycles. The number of aliphatic hydroxyl groups excluding tert-OH is 4. The Morgan fingerprint density at radius 2 is 1.68 bits per heavy atom. The first kappa shape index (κ1) is 26.1. The highest BCUT2D eigenvalue weighted by Gasteiger charge is 2.45. The summed E-state index contributed by atoms with van der Waals surface area (Å²) in [5.41, 5.74) is -1.53. The molecule has 1 fully saturated rings. The number of ether oxygens (including phenoxy) is 2. The van der Waals surface area contributed by atoms with Gasteiger partial charge in [0.05, 0.1) is 12.2 Å². The molecule has 0 unspecified atom stereocenters. The zero-order valence-electron chi connectivity index (χ0n) is 18.8. The zero-order valence-corrected chi connectivity index (χ0v) is 18.8. The molecule has 0 amide bonds. The van der Waals surface area contributed by atoms with Gasteiger partial charge >= 0.3 is 5.97 Å². The van der Waals surface area contributed by atoms with Gasteiger partial charge in [-0.05, 0) is 17.7 Å². The second-order valence-corrected chi connectivity index (χ2v) is 8.31. The van der Waals surface area contributed by atoms with E-state index < -0.39 is 83.4 Å². The fourth-order valence-electron chi connectivity index (χ4n) is 3.96. The summed E-state index contributed by atoms with van der Waals surface area (Å²) in [5.74, 6) is -4.29. The molecule has 7 N–H and O–H groups in total. The van der Waals surface area contributed by atoms with E-state index in [0.717, 1.165) is 12.3 Å². The van der Waals surface area contributed by atoms with Gasteiger partial charge in [-0.25, -0.2) is 0 Å².